The highest BCUT2D eigenvalue weighted by Crippen LogP contribution is 2.07. The summed E-state index contributed by atoms with van der Waals surface area (Å²) in [6.45, 7) is 5.98. The van der Waals surface area contributed by atoms with E-state index in [4.69, 9.17) is 4.74 Å². The molecule has 14 heavy (non-hydrogen) atoms. The molecule has 0 atom stereocenters. The van der Waals surface area contributed by atoms with Crippen molar-refractivity contribution in [2.24, 2.45) is 0 Å². The zero-order chi connectivity index (χ0) is 10.6. The Morgan fingerprint density at radius 1 is 1.71 bits per heavy atom. The molecule has 0 fully saturated rings. The second-order valence-corrected chi connectivity index (χ2v) is 4.23. The highest BCUT2D eigenvalue weighted by Gasteiger charge is 2.05. The van der Waals surface area contributed by atoms with Crippen LogP contribution in [0.1, 0.15) is 24.5 Å². The third kappa shape index (κ3) is 3.74. The average molecular weight is 214 g/mol. The Kier molecular flexibility index (Phi) is 3.88. The summed E-state index contributed by atoms with van der Waals surface area (Å²) in [5, 5.41) is 5.55. The molecule has 4 nitrogen and oxygen atoms in total. The number of nitrogens with zero attached hydrogens (tertiary/aromatic N) is 1. The summed E-state index contributed by atoms with van der Waals surface area (Å²) in [7, 11) is 0. The van der Waals surface area contributed by atoms with Crippen LogP contribution in [0.15, 0.2) is 5.38 Å². The molecular formula is C9H14N2O2S. The first-order valence-corrected chi connectivity index (χ1v) is 5.31. The van der Waals surface area contributed by atoms with Gasteiger partial charge in [0.2, 0.25) is 0 Å². The highest BCUT2D eigenvalue weighted by atomic mass is 32.1. The van der Waals surface area contributed by atoms with Gasteiger partial charge in [-0.2, -0.15) is 0 Å². The van der Waals surface area contributed by atoms with E-state index >= 15 is 0 Å². The lowest BCUT2D eigenvalue weighted by molar-refractivity contribution is 0.115. The van der Waals surface area contributed by atoms with Crippen LogP contribution in [0.2, 0.25) is 0 Å². The molecule has 0 aliphatic rings. The first-order valence-electron chi connectivity index (χ1n) is 4.43. The number of amides is 1. The number of ether oxygens (including phenoxy) is 1. The minimum absolute atomic E-state index is 0.0906. The summed E-state index contributed by atoms with van der Waals surface area (Å²) in [6.07, 6.45) is -0.488. The summed E-state index contributed by atoms with van der Waals surface area (Å²) in [5.41, 5.74) is 0.869. The molecule has 0 bridgehead atoms. The van der Waals surface area contributed by atoms with Crippen molar-refractivity contribution in [1.82, 2.24) is 10.3 Å². The van der Waals surface area contributed by atoms with Crippen LogP contribution < -0.4 is 5.32 Å². The minimum Gasteiger partial charge on any atom is -0.447 e. The predicted molar refractivity (Wildman–Crippen MR) is 55.3 cm³/mol. The fourth-order valence-electron chi connectivity index (χ4n) is 0.908. The Morgan fingerprint density at radius 3 is 2.93 bits per heavy atom. The number of rotatable bonds is 3. The molecule has 1 aromatic rings. The third-order valence-electron chi connectivity index (χ3n) is 1.42. The zero-order valence-electron chi connectivity index (χ0n) is 8.53. The lowest BCUT2D eigenvalue weighted by Gasteiger charge is -2.07. The Labute approximate surface area is 87.3 Å². The lowest BCUT2D eigenvalue weighted by atomic mass is 10.5. The van der Waals surface area contributed by atoms with E-state index in [0.29, 0.717) is 6.54 Å². The normalized spacial score (nSPS) is 10.3. The van der Waals surface area contributed by atoms with Crippen molar-refractivity contribution in [2.45, 2.75) is 33.4 Å². The number of hydrogen-bond donors (Lipinski definition) is 1. The van der Waals surface area contributed by atoms with Crippen molar-refractivity contribution < 1.29 is 9.53 Å². The second-order valence-electron chi connectivity index (χ2n) is 3.17. The van der Waals surface area contributed by atoms with Crippen LogP contribution in [0, 0.1) is 6.92 Å². The lowest BCUT2D eigenvalue weighted by Crippen LogP contribution is -2.26. The molecule has 1 rings (SSSR count). The maximum absolute atomic E-state index is 11.1. The first kappa shape index (κ1) is 11.0. The third-order valence-corrected chi connectivity index (χ3v) is 2.25. The topological polar surface area (TPSA) is 51.2 Å². The van der Waals surface area contributed by atoms with Gasteiger partial charge >= 0.3 is 6.09 Å². The van der Waals surface area contributed by atoms with Gasteiger partial charge in [-0.1, -0.05) is 0 Å². The fraction of sp³-hybridized carbons (Fsp3) is 0.556. The van der Waals surface area contributed by atoms with Crippen LogP contribution in [-0.4, -0.2) is 17.2 Å². The predicted octanol–water partition coefficient (Wildman–Crippen LogP) is 2.09. The van der Waals surface area contributed by atoms with Crippen molar-refractivity contribution in [3.05, 3.63) is 16.1 Å². The largest absolute Gasteiger partial charge is 0.447 e. The number of aromatic nitrogens is 1. The van der Waals surface area contributed by atoms with Crippen molar-refractivity contribution in [3.8, 4) is 0 Å². The van der Waals surface area contributed by atoms with E-state index in [1.165, 1.54) is 0 Å². The van der Waals surface area contributed by atoms with Gasteiger partial charge in [-0.3, -0.25) is 0 Å². The van der Waals surface area contributed by atoms with Gasteiger partial charge in [-0.15, -0.1) is 11.3 Å². The molecule has 78 valence electrons. The summed E-state index contributed by atoms with van der Waals surface area (Å²) < 4.78 is 4.90. The molecule has 5 heteroatoms. The van der Waals surface area contributed by atoms with Crippen LogP contribution >= 0.6 is 11.3 Å². The summed E-state index contributed by atoms with van der Waals surface area (Å²) in [4.78, 5) is 15.3. The smallest absolute Gasteiger partial charge is 0.407 e. The van der Waals surface area contributed by atoms with E-state index in [9.17, 15) is 4.79 Å². The van der Waals surface area contributed by atoms with Crippen LogP contribution in [-0.2, 0) is 11.3 Å². The molecule has 1 N–H and O–H groups in total. The SMILES string of the molecule is Cc1nc(CNC(=O)OC(C)C)cs1. The van der Waals surface area contributed by atoms with Crippen molar-refractivity contribution in [3.63, 3.8) is 0 Å². The summed E-state index contributed by atoms with van der Waals surface area (Å²) in [6, 6.07) is 0. The average Bonchev–Trinajstić information content (AvgIpc) is 2.47. The minimum atomic E-state index is -0.398. The van der Waals surface area contributed by atoms with Gasteiger partial charge in [0, 0.05) is 5.38 Å². The zero-order valence-corrected chi connectivity index (χ0v) is 9.35. The molecule has 0 aliphatic carbocycles. The molecule has 1 heterocycles. The Hall–Kier alpha value is -1.10. The number of aryl methyl sites for hydroxylation is 1. The van der Waals surface area contributed by atoms with Crippen LogP contribution in [0.4, 0.5) is 4.79 Å². The molecule has 1 amide bonds. The van der Waals surface area contributed by atoms with Crippen LogP contribution in [0.25, 0.3) is 0 Å². The van der Waals surface area contributed by atoms with Gasteiger partial charge in [0.05, 0.1) is 23.4 Å². The number of nitrogens with one attached hydrogen (secondary N) is 1. The first-order chi connectivity index (χ1) is 6.58. The molecule has 0 aromatic carbocycles. The van der Waals surface area contributed by atoms with E-state index in [0.717, 1.165) is 10.7 Å². The van der Waals surface area contributed by atoms with E-state index in [1.54, 1.807) is 11.3 Å². The van der Waals surface area contributed by atoms with E-state index in [2.05, 4.69) is 10.3 Å². The molecule has 0 aliphatic heterocycles. The van der Waals surface area contributed by atoms with Gasteiger partial charge in [0.25, 0.3) is 0 Å². The molecule has 1 aromatic heterocycles. The fourth-order valence-corrected chi connectivity index (χ4v) is 1.52. The Bertz CT molecular complexity index is 310. The van der Waals surface area contributed by atoms with Gasteiger partial charge in [0.1, 0.15) is 0 Å². The number of carbonyl (C=O) groups is 1. The number of carbonyl (C=O) groups excluding carboxylic acids is 1. The maximum Gasteiger partial charge on any atom is 0.407 e. The summed E-state index contributed by atoms with van der Waals surface area (Å²) >= 11 is 1.57. The van der Waals surface area contributed by atoms with Crippen LogP contribution in [0.3, 0.4) is 0 Å². The molecule has 0 saturated heterocycles. The van der Waals surface area contributed by atoms with Crippen LogP contribution in [0.5, 0.6) is 0 Å². The molecule has 0 radical (unpaired) electrons. The molecule has 0 spiro atoms. The van der Waals surface area contributed by atoms with Gasteiger partial charge in [0.15, 0.2) is 0 Å². The van der Waals surface area contributed by atoms with Gasteiger partial charge < -0.3 is 10.1 Å². The second kappa shape index (κ2) is 4.95. The van der Waals surface area contributed by atoms with Gasteiger partial charge in [-0.25, -0.2) is 9.78 Å². The quantitative estimate of drug-likeness (QED) is 0.838. The monoisotopic (exact) mass is 214 g/mol. The highest BCUT2D eigenvalue weighted by molar-refractivity contribution is 7.09. The van der Waals surface area contributed by atoms with Crippen molar-refractivity contribution in [1.29, 1.82) is 0 Å². The number of thiazole rings is 1. The van der Waals surface area contributed by atoms with Gasteiger partial charge in [-0.05, 0) is 20.8 Å². The van der Waals surface area contributed by atoms with E-state index in [-0.39, 0.29) is 6.10 Å². The Morgan fingerprint density at radius 2 is 2.43 bits per heavy atom. The molecule has 0 saturated carbocycles. The van der Waals surface area contributed by atoms with Crippen molar-refractivity contribution >= 4 is 17.4 Å². The van der Waals surface area contributed by atoms with E-state index in [1.807, 2.05) is 26.2 Å². The standard InChI is InChI=1S/C9H14N2O2S/c1-6(2)13-9(12)10-4-8-5-14-7(3)11-8/h5-6H,4H2,1-3H3,(H,10,12). The number of hydrogen-bond acceptors (Lipinski definition) is 4. The van der Waals surface area contributed by atoms with Crippen molar-refractivity contribution in [2.75, 3.05) is 0 Å². The molecular weight excluding hydrogens is 200 g/mol. The summed E-state index contributed by atoms with van der Waals surface area (Å²) in [5.74, 6) is 0. The van der Waals surface area contributed by atoms with E-state index < -0.39 is 6.09 Å². The maximum atomic E-state index is 11.1. The Balaban J connectivity index is 2.30. The molecule has 0 unspecified atom stereocenters. The number of alkyl carbamates (subject to hydrolysis) is 1.